The van der Waals surface area contributed by atoms with Crippen LogP contribution in [-0.2, 0) is 5.75 Å². The van der Waals surface area contributed by atoms with Gasteiger partial charge in [0.1, 0.15) is 0 Å². The summed E-state index contributed by atoms with van der Waals surface area (Å²) in [6.07, 6.45) is 0. The van der Waals surface area contributed by atoms with Gasteiger partial charge in [0, 0.05) is 10.5 Å². The summed E-state index contributed by atoms with van der Waals surface area (Å²) < 4.78 is 0.890. The Morgan fingerprint density at radius 1 is 1.50 bits per heavy atom. The molecule has 2 aromatic rings. The van der Waals surface area contributed by atoms with Gasteiger partial charge in [0.05, 0.1) is 5.56 Å². The summed E-state index contributed by atoms with van der Waals surface area (Å²) in [5.41, 5.74) is 1.66. The van der Waals surface area contributed by atoms with Crippen LogP contribution in [0.5, 0.6) is 0 Å². The molecule has 0 saturated heterocycles. The Kier molecular flexibility index (Phi) is 3.51. The van der Waals surface area contributed by atoms with Crippen molar-refractivity contribution in [3.05, 3.63) is 34.7 Å². The van der Waals surface area contributed by atoms with Crippen LogP contribution in [0.15, 0.2) is 23.6 Å². The lowest BCUT2D eigenvalue weighted by molar-refractivity contribution is 0.0699. The Labute approximate surface area is 102 Å². The summed E-state index contributed by atoms with van der Waals surface area (Å²) in [7, 11) is 0. The summed E-state index contributed by atoms with van der Waals surface area (Å²) >= 11 is 3.38. The second-order valence-electron chi connectivity index (χ2n) is 3.39. The third-order valence-corrected chi connectivity index (χ3v) is 4.37. The number of carboxylic acids is 1. The Balaban J connectivity index is 2.48. The number of benzene rings is 1. The van der Waals surface area contributed by atoms with Gasteiger partial charge >= 0.3 is 5.97 Å². The largest absolute Gasteiger partial charge is 0.478 e. The average Bonchev–Trinajstić information content (AvgIpc) is 2.69. The molecule has 0 saturated carbocycles. The third kappa shape index (κ3) is 2.08. The van der Waals surface area contributed by atoms with Gasteiger partial charge in [-0.1, -0.05) is 19.1 Å². The molecule has 0 spiro atoms. The van der Waals surface area contributed by atoms with Gasteiger partial charge in [-0.25, -0.2) is 4.79 Å². The molecule has 0 aliphatic heterocycles. The molecule has 84 valence electrons. The topological polar surface area (TPSA) is 37.3 Å². The molecule has 0 atom stereocenters. The standard InChI is InChI=1S/C12H12O2S2/c1-2-15-6-8-7-16-11-9(8)4-3-5-10(11)12(13)14/h3-5,7H,2,6H2,1H3,(H,13,14). The fourth-order valence-corrected chi connectivity index (χ4v) is 3.45. The van der Waals surface area contributed by atoms with Crippen molar-refractivity contribution >= 4 is 39.2 Å². The van der Waals surface area contributed by atoms with Gasteiger partial charge in [-0.3, -0.25) is 0 Å². The van der Waals surface area contributed by atoms with Crippen molar-refractivity contribution in [3.63, 3.8) is 0 Å². The zero-order chi connectivity index (χ0) is 11.5. The highest BCUT2D eigenvalue weighted by molar-refractivity contribution is 7.98. The fraction of sp³-hybridized carbons (Fsp3) is 0.250. The number of hydrogen-bond donors (Lipinski definition) is 1. The lowest BCUT2D eigenvalue weighted by Crippen LogP contribution is -1.95. The van der Waals surface area contributed by atoms with Gasteiger partial charge < -0.3 is 5.11 Å². The van der Waals surface area contributed by atoms with E-state index in [0.29, 0.717) is 5.56 Å². The molecule has 1 heterocycles. The fourth-order valence-electron chi connectivity index (χ4n) is 1.60. The Morgan fingerprint density at radius 2 is 2.31 bits per heavy atom. The normalized spacial score (nSPS) is 10.8. The number of aromatic carboxylic acids is 1. The number of carbonyl (C=O) groups is 1. The van der Waals surface area contributed by atoms with Crippen LogP contribution in [0.3, 0.4) is 0 Å². The minimum Gasteiger partial charge on any atom is -0.478 e. The van der Waals surface area contributed by atoms with Crippen LogP contribution in [0.1, 0.15) is 22.8 Å². The van der Waals surface area contributed by atoms with Crippen LogP contribution in [0.2, 0.25) is 0 Å². The van der Waals surface area contributed by atoms with Gasteiger partial charge in [-0.05, 0) is 28.1 Å². The zero-order valence-corrected chi connectivity index (χ0v) is 10.5. The Morgan fingerprint density at radius 3 is 3.00 bits per heavy atom. The molecule has 0 aliphatic rings. The second-order valence-corrected chi connectivity index (χ2v) is 5.54. The van der Waals surface area contributed by atoms with Crippen molar-refractivity contribution in [3.8, 4) is 0 Å². The molecule has 0 aliphatic carbocycles. The van der Waals surface area contributed by atoms with E-state index in [0.717, 1.165) is 21.6 Å². The van der Waals surface area contributed by atoms with E-state index in [1.807, 2.05) is 23.9 Å². The van der Waals surface area contributed by atoms with E-state index in [4.69, 9.17) is 5.11 Å². The molecule has 4 heteroatoms. The van der Waals surface area contributed by atoms with E-state index in [2.05, 4.69) is 12.3 Å². The van der Waals surface area contributed by atoms with Gasteiger partial charge in [-0.2, -0.15) is 11.8 Å². The maximum Gasteiger partial charge on any atom is 0.337 e. The molecule has 1 aromatic heterocycles. The van der Waals surface area contributed by atoms with Crippen LogP contribution >= 0.6 is 23.1 Å². The SMILES string of the molecule is CCSCc1csc2c(C(=O)O)cccc12. The predicted molar refractivity (Wildman–Crippen MR) is 70.6 cm³/mol. The van der Waals surface area contributed by atoms with E-state index in [1.165, 1.54) is 16.9 Å². The molecule has 0 fully saturated rings. The van der Waals surface area contributed by atoms with Gasteiger partial charge in [-0.15, -0.1) is 11.3 Å². The number of carboxylic acid groups (broad SMARTS) is 1. The first-order chi connectivity index (χ1) is 7.74. The zero-order valence-electron chi connectivity index (χ0n) is 8.90. The van der Waals surface area contributed by atoms with Gasteiger partial charge in [0.25, 0.3) is 0 Å². The van der Waals surface area contributed by atoms with Crippen LogP contribution in [-0.4, -0.2) is 16.8 Å². The van der Waals surface area contributed by atoms with Crippen LogP contribution < -0.4 is 0 Å². The van der Waals surface area contributed by atoms with Crippen molar-refractivity contribution in [2.45, 2.75) is 12.7 Å². The van der Waals surface area contributed by atoms with Crippen LogP contribution in [0.4, 0.5) is 0 Å². The molecule has 16 heavy (non-hydrogen) atoms. The molecule has 0 unspecified atom stereocenters. The minimum atomic E-state index is -0.845. The number of thioether (sulfide) groups is 1. The summed E-state index contributed by atoms with van der Waals surface area (Å²) in [5.74, 6) is 1.19. The second kappa shape index (κ2) is 4.89. The number of fused-ring (bicyclic) bond motifs is 1. The summed E-state index contributed by atoms with van der Waals surface area (Å²) in [5, 5.41) is 12.2. The summed E-state index contributed by atoms with van der Waals surface area (Å²) in [6.45, 7) is 2.13. The van der Waals surface area contributed by atoms with E-state index in [9.17, 15) is 4.79 Å². The van der Waals surface area contributed by atoms with Crippen molar-refractivity contribution in [1.82, 2.24) is 0 Å². The number of hydrogen-bond acceptors (Lipinski definition) is 3. The molecule has 0 bridgehead atoms. The third-order valence-electron chi connectivity index (χ3n) is 2.37. The van der Waals surface area contributed by atoms with Gasteiger partial charge in [0.2, 0.25) is 0 Å². The Hall–Kier alpha value is -1.00. The first-order valence-electron chi connectivity index (χ1n) is 5.04. The van der Waals surface area contributed by atoms with E-state index >= 15 is 0 Å². The molecular weight excluding hydrogens is 240 g/mol. The van der Waals surface area contributed by atoms with Crippen LogP contribution in [0.25, 0.3) is 10.1 Å². The monoisotopic (exact) mass is 252 g/mol. The predicted octanol–water partition coefficient (Wildman–Crippen LogP) is 3.85. The van der Waals surface area contributed by atoms with E-state index in [1.54, 1.807) is 6.07 Å². The molecule has 1 aromatic carbocycles. The van der Waals surface area contributed by atoms with Gasteiger partial charge in [0.15, 0.2) is 0 Å². The maximum absolute atomic E-state index is 11.0. The Bertz CT molecular complexity index is 517. The minimum absolute atomic E-state index is 0.412. The smallest absolute Gasteiger partial charge is 0.337 e. The van der Waals surface area contributed by atoms with Crippen molar-refractivity contribution < 1.29 is 9.90 Å². The average molecular weight is 252 g/mol. The lowest BCUT2D eigenvalue weighted by atomic mass is 10.1. The van der Waals surface area contributed by atoms with Crippen molar-refractivity contribution in [2.75, 3.05) is 5.75 Å². The van der Waals surface area contributed by atoms with E-state index < -0.39 is 5.97 Å². The summed E-state index contributed by atoms with van der Waals surface area (Å²) in [6, 6.07) is 5.49. The first-order valence-corrected chi connectivity index (χ1v) is 7.07. The lowest BCUT2D eigenvalue weighted by Gasteiger charge is -1.99. The maximum atomic E-state index is 11.0. The molecule has 0 radical (unpaired) electrons. The quantitative estimate of drug-likeness (QED) is 0.898. The van der Waals surface area contributed by atoms with Crippen molar-refractivity contribution in [1.29, 1.82) is 0 Å². The first kappa shape index (κ1) is 11.5. The highest BCUT2D eigenvalue weighted by Crippen LogP contribution is 2.31. The molecule has 2 nitrogen and oxygen atoms in total. The molecule has 1 N–H and O–H groups in total. The highest BCUT2D eigenvalue weighted by atomic mass is 32.2. The molecule has 0 amide bonds. The highest BCUT2D eigenvalue weighted by Gasteiger charge is 2.11. The summed E-state index contributed by atoms with van der Waals surface area (Å²) in [4.78, 5) is 11.0. The van der Waals surface area contributed by atoms with Crippen molar-refractivity contribution in [2.24, 2.45) is 0 Å². The van der Waals surface area contributed by atoms with Crippen LogP contribution in [0, 0.1) is 0 Å². The number of rotatable bonds is 4. The van der Waals surface area contributed by atoms with E-state index in [-0.39, 0.29) is 0 Å². The number of thiophene rings is 1. The molecular formula is C12H12O2S2. The molecule has 2 rings (SSSR count).